The highest BCUT2D eigenvalue weighted by molar-refractivity contribution is 6.12. The first kappa shape index (κ1) is 15.6. The predicted molar refractivity (Wildman–Crippen MR) is 117 cm³/mol. The smallest absolute Gasteiger partial charge is 0.175 e. The zero-order chi connectivity index (χ0) is 18.8. The highest BCUT2D eigenvalue weighted by atomic mass is 16.1. The molecule has 0 aromatic heterocycles. The molecule has 2 aliphatic carbocycles. The van der Waals surface area contributed by atoms with Crippen molar-refractivity contribution in [1.29, 1.82) is 0 Å². The molecule has 6 rings (SSSR count). The summed E-state index contributed by atoms with van der Waals surface area (Å²) < 4.78 is 0. The van der Waals surface area contributed by atoms with E-state index >= 15 is 0 Å². The minimum absolute atomic E-state index is 0.203. The van der Waals surface area contributed by atoms with Gasteiger partial charge >= 0.3 is 0 Å². The normalized spacial score (nSPS) is 17.2. The second kappa shape index (κ2) is 5.53. The van der Waals surface area contributed by atoms with E-state index in [2.05, 4.69) is 79.7 Å². The predicted octanol–water partition coefficient (Wildman–Crippen LogP) is 6.69. The fraction of sp³-hybridized carbons (Fsp3) is 0.0741. The Morgan fingerprint density at radius 1 is 0.786 bits per heavy atom. The van der Waals surface area contributed by atoms with Crippen molar-refractivity contribution in [3.05, 3.63) is 106 Å². The molecule has 1 unspecified atom stereocenters. The Balaban J connectivity index is 1.62. The summed E-state index contributed by atoms with van der Waals surface area (Å²) >= 11 is 0. The van der Waals surface area contributed by atoms with Gasteiger partial charge in [0.1, 0.15) is 0 Å². The lowest BCUT2D eigenvalue weighted by Gasteiger charge is -2.29. The first-order chi connectivity index (χ1) is 13.7. The van der Waals surface area contributed by atoms with Crippen LogP contribution in [0.4, 0.5) is 0 Å². The van der Waals surface area contributed by atoms with Gasteiger partial charge in [0.05, 0.1) is 5.92 Å². The summed E-state index contributed by atoms with van der Waals surface area (Å²) in [6.07, 6.45) is 6.49. The van der Waals surface area contributed by atoms with Crippen LogP contribution in [0.15, 0.2) is 78.4 Å². The lowest BCUT2D eigenvalue weighted by molar-refractivity contribution is 0.0972. The molecule has 4 aromatic carbocycles. The minimum atomic E-state index is -0.203. The van der Waals surface area contributed by atoms with Gasteiger partial charge < -0.3 is 0 Å². The molecule has 0 heterocycles. The van der Waals surface area contributed by atoms with Crippen LogP contribution < -0.4 is 0 Å². The first-order valence-corrected chi connectivity index (χ1v) is 9.69. The highest BCUT2D eigenvalue weighted by Crippen LogP contribution is 2.43. The number of aryl methyl sites for hydroxylation is 1. The van der Waals surface area contributed by atoms with Crippen molar-refractivity contribution in [1.82, 2.24) is 0 Å². The number of carbonyl (C=O) groups is 1. The molecule has 2 aliphatic rings. The number of hydrogen-bond donors (Lipinski definition) is 0. The molecule has 0 N–H and O–H groups in total. The average Bonchev–Trinajstić information content (AvgIpc) is 2.71. The summed E-state index contributed by atoms with van der Waals surface area (Å²) in [6, 6.07) is 23.4. The van der Waals surface area contributed by atoms with Gasteiger partial charge in [-0.15, -0.1) is 0 Å². The number of hydrogen-bond acceptors (Lipinski definition) is 1. The van der Waals surface area contributed by atoms with Crippen LogP contribution in [0.1, 0.15) is 38.5 Å². The highest BCUT2D eigenvalue weighted by Gasteiger charge is 2.33. The molecule has 0 saturated carbocycles. The Labute approximate surface area is 163 Å². The molecule has 132 valence electrons. The third kappa shape index (κ3) is 2.10. The first-order valence-electron chi connectivity index (χ1n) is 9.69. The number of benzene rings is 4. The van der Waals surface area contributed by atoms with Crippen molar-refractivity contribution < 1.29 is 4.79 Å². The molecular formula is C27H18O. The van der Waals surface area contributed by atoms with Crippen LogP contribution in [0.2, 0.25) is 0 Å². The third-order valence-corrected chi connectivity index (χ3v) is 6.11. The molecule has 0 saturated heterocycles. The van der Waals surface area contributed by atoms with Gasteiger partial charge in [-0.3, -0.25) is 4.79 Å². The van der Waals surface area contributed by atoms with Gasteiger partial charge in [0.25, 0.3) is 0 Å². The molecule has 0 fully saturated rings. The van der Waals surface area contributed by atoms with E-state index in [1.54, 1.807) is 0 Å². The number of Topliss-reactive ketones (excluding diaryl/α,β-unsaturated/α-hetero) is 1. The van der Waals surface area contributed by atoms with E-state index in [0.29, 0.717) is 0 Å². The number of fused-ring (bicyclic) bond motifs is 7. The van der Waals surface area contributed by atoms with Crippen molar-refractivity contribution in [2.75, 3.05) is 0 Å². The molecule has 1 nitrogen and oxygen atoms in total. The molecule has 0 aliphatic heterocycles. The Morgan fingerprint density at radius 2 is 1.61 bits per heavy atom. The Bertz CT molecular complexity index is 1380. The molecule has 4 aromatic rings. The second-order valence-electron chi connectivity index (χ2n) is 7.85. The zero-order valence-corrected chi connectivity index (χ0v) is 15.6. The molecule has 1 atom stereocenters. The molecule has 0 radical (unpaired) electrons. The summed E-state index contributed by atoms with van der Waals surface area (Å²) in [7, 11) is 0. The van der Waals surface area contributed by atoms with Gasteiger partial charge in [-0.25, -0.2) is 0 Å². The molecular weight excluding hydrogens is 340 g/mol. The van der Waals surface area contributed by atoms with Gasteiger partial charge in [0.2, 0.25) is 0 Å². The molecule has 0 bridgehead atoms. The molecule has 0 spiro atoms. The van der Waals surface area contributed by atoms with Crippen molar-refractivity contribution in [2.45, 2.75) is 12.8 Å². The fourth-order valence-corrected chi connectivity index (χ4v) is 4.73. The van der Waals surface area contributed by atoms with Crippen molar-refractivity contribution in [3.63, 3.8) is 0 Å². The van der Waals surface area contributed by atoms with E-state index in [1.807, 2.05) is 12.1 Å². The maximum atomic E-state index is 13.4. The summed E-state index contributed by atoms with van der Waals surface area (Å²) in [5.41, 5.74) is 6.44. The molecule has 28 heavy (non-hydrogen) atoms. The topological polar surface area (TPSA) is 17.1 Å². The second-order valence-corrected chi connectivity index (χ2v) is 7.85. The van der Waals surface area contributed by atoms with Crippen LogP contribution in [0.5, 0.6) is 0 Å². The fourth-order valence-electron chi connectivity index (χ4n) is 4.73. The Kier molecular flexibility index (Phi) is 3.08. The largest absolute Gasteiger partial charge is 0.293 e. The minimum Gasteiger partial charge on any atom is -0.293 e. The third-order valence-electron chi connectivity index (χ3n) is 6.11. The van der Waals surface area contributed by atoms with Crippen molar-refractivity contribution >= 4 is 39.5 Å². The van der Waals surface area contributed by atoms with Gasteiger partial charge in [-0.1, -0.05) is 72.3 Å². The van der Waals surface area contributed by atoms with Crippen LogP contribution in [-0.4, -0.2) is 5.78 Å². The standard InChI is InChI=1S/C27H18O/c1-16-6-9-22-21(12-16)14-20-8-10-23-24(26(20)27(22)28)11-7-19-13-17-4-2-3-5-18(17)15-25(19)23/h2-15,26H,1H3. The Morgan fingerprint density at radius 3 is 2.46 bits per heavy atom. The summed E-state index contributed by atoms with van der Waals surface area (Å²) in [6.45, 7) is 2.07. The van der Waals surface area contributed by atoms with Crippen LogP contribution >= 0.6 is 0 Å². The van der Waals surface area contributed by atoms with Crippen LogP contribution in [0.3, 0.4) is 0 Å². The number of rotatable bonds is 0. The van der Waals surface area contributed by atoms with E-state index in [9.17, 15) is 4.79 Å². The van der Waals surface area contributed by atoms with Gasteiger partial charge in [-0.05, 0) is 68.9 Å². The molecule has 1 heteroatoms. The average molecular weight is 358 g/mol. The number of ketones is 1. The van der Waals surface area contributed by atoms with Crippen LogP contribution in [-0.2, 0) is 0 Å². The molecule has 0 amide bonds. The van der Waals surface area contributed by atoms with E-state index < -0.39 is 0 Å². The maximum Gasteiger partial charge on any atom is 0.175 e. The van der Waals surface area contributed by atoms with Crippen molar-refractivity contribution in [2.24, 2.45) is 0 Å². The summed E-state index contributed by atoms with van der Waals surface area (Å²) in [5.74, 6) is 0.00400. The lowest BCUT2D eigenvalue weighted by atomic mass is 9.73. The van der Waals surface area contributed by atoms with Crippen LogP contribution in [0.25, 0.3) is 33.7 Å². The zero-order valence-electron chi connectivity index (χ0n) is 15.6. The quantitative estimate of drug-likeness (QED) is 0.320. The van der Waals surface area contributed by atoms with Crippen LogP contribution in [0, 0.1) is 6.92 Å². The number of allylic oxidation sites excluding steroid dienone is 2. The van der Waals surface area contributed by atoms with Crippen molar-refractivity contribution in [3.8, 4) is 0 Å². The monoisotopic (exact) mass is 358 g/mol. The van der Waals surface area contributed by atoms with E-state index in [0.717, 1.165) is 22.3 Å². The van der Waals surface area contributed by atoms with Gasteiger partial charge in [-0.2, -0.15) is 0 Å². The lowest BCUT2D eigenvalue weighted by Crippen LogP contribution is -2.22. The van der Waals surface area contributed by atoms with E-state index in [1.165, 1.54) is 32.7 Å². The Hall–Kier alpha value is -3.45. The SMILES string of the molecule is Cc1ccc2c(c1)C=C1C=Cc3c(ccc4cc5ccccc5cc34)C1C2=O. The van der Waals surface area contributed by atoms with Gasteiger partial charge in [0, 0.05) is 5.56 Å². The summed E-state index contributed by atoms with van der Waals surface area (Å²) in [4.78, 5) is 13.4. The van der Waals surface area contributed by atoms with Gasteiger partial charge in [0.15, 0.2) is 5.78 Å². The summed E-state index contributed by atoms with van der Waals surface area (Å²) in [5, 5.41) is 4.91. The number of carbonyl (C=O) groups excluding carboxylic acids is 1. The van der Waals surface area contributed by atoms with E-state index in [-0.39, 0.29) is 11.7 Å². The maximum absolute atomic E-state index is 13.4. The van der Waals surface area contributed by atoms with E-state index in [4.69, 9.17) is 0 Å².